The number of carbonyl (C=O) groups is 3. The molecule has 146 valence electrons. The standard InChI is InChI=1S/C21H22N2O5/c1-23-17-11-15(5-9-19(17)28-13-21(23)26)18(24)8-10-20(25)22-12-14-3-6-16(27-2)7-4-14/h3-7,9,11H,8,10,12-13H2,1-2H3,(H,22,25). The Kier molecular flexibility index (Phi) is 5.93. The molecule has 7 heteroatoms. The Labute approximate surface area is 163 Å². The van der Waals surface area contributed by atoms with E-state index in [-0.39, 0.29) is 37.0 Å². The summed E-state index contributed by atoms with van der Waals surface area (Å²) in [4.78, 5) is 37.7. The van der Waals surface area contributed by atoms with Crippen molar-refractivity contribution in [1.82, 2.24) is 5.32 Å². The van der Waals surface area contributed by atoms with E-state index in [1.165, 1.54) is 4.90 Å². The van der Waals surface area contributed by atoms with Crippen LogP contribution in [0.15, 0.2) is 42.5 Å². The monoisotopic (exact) mass is 382 g/mol. The minimum Gasteiger partial charge on any atom is -0.497 e. The molecule has 0 aliphatic carbocycles. The van der Waals surface area contributed by atoms with E-state index in [0.717, 1.165) is 11.3 Å². The van der Waals surface area contributed by atoms with Crippen LogP contribution in [0.1, 0.15) is 28.8 Å². The summed E-state index contributed by atoms with van der Waals surface area (Å²) in [6.07, 6.45) is 0.184. The van der Waals surface area contributed by atoms with Gasteiger partial charge in [-0.25, -0.2) is 0 Å². The van der Waals surface area contributed by atoms with Crippen LogP contribution in [0.4, 0.5) is 5.69 Å². The molecule has 0 saturated carbocycles. The number of hydrogen-bond donors (Lipinski definition) is 1. The fourth-order valence-electron chi connectivity index (χ4n) is 2.85. The van der Waals surface area contributed by atoms with E-state index in [4.69, 9.17) is 9.47 Å². The van der Waals surface area contributed by atoms with Gasteiger partial charge in [0, 0.05) is 32.0 Å². The molecular weight excluding hydrogens is 360 g/mol. The van der Waals surface area contributed by atoms with Crippen LogP contribution in [-0.4, -0.2) is 38.4 Å². The van der Waals surface area contributed by atoms with E-state index in [9.17, 15) is 14.4 Å². The normalized spacial score (nSPS) is 12.8. The van der Waals surface area contributed by atoms with Gasteiger partial charge in [-0.05, 0) is 35.9 Å². The summed E-state index contributed by atoms with van der Waals surface area (Å²) in [6.45, 7) is 0.380. The zero-order valence-corrected chi connectivity index (χ0v) is 15.9. The van der Waals surface area contributed by atoms with Crippen molar-refractivity contribution >= 4 is 23.3 Å². The molecule has 2 aromatic rings. The molecule has 0 saturated heterocycles. The molecule has 0 unspecified atom stereocenters. The lowest BCUT2D eigenvalue weighted by molar-refractivity contribution is -0.121. The Balaban J connectivity index is 1.52. The average molecular weight is 382 g/mol. The maximum Gasteiger partial charge on any atom is 0.264 e. The van der Waals surface area contributed by atoms with E-state index in [1.807, 2.05) is 24.3 Å². The number of nitrogens with zero attached hydrogens (tertiary/aromatic N) is 1. The second-order valence-corrected chi connectivity index (χ2v) is 6.47. The van der Waals surface area contributed by atoms with Crippen LogP contribution in [0.3, 0.4) is 0 Å². The zero-order valence-electron chi connectivity index (χ0n) is 15.9. The van der Waals surface area contributed by atoms with Crippen LogP contribution in [0.5, 0.6) is 11.5 Å². The first kappa shape index (κ1) is 19.4. The van der Waals surface area contributed by atoms with Gasteiger partial charge in [-0.3, -0.25) is 14.4 Å². The van der Waals surface area contributed by atoms with Gasteiger partial charge < -0.3 is 19.7 Å². The number of benzene rings is 2. The number of Topliss-reactive ketones (excluding diaryl/α,β-unsaturated/α-hetero) is 1. The van der Waals surface area contributed by atoms with Gasteiger partial charge >= 0.3 is 0 Å². The number of rotatable bonds is 7. The minimum absolute atomic E-state index is 0.00877. The summed E-state index contributed by atoms with van der Waals surface area (Å²) < 4.78 is 10.4. The first-order valence-electron chi connectivity index (χ1n) is 8.94. The zero-order chi connectivity index (χ0) is 20.1. The van der Waals surface area contributed by atoms with Crippen LogP contribution in [0.2, 0.25) is 0 Å². The minimum atomic E-state index is -0.197. The quantitative estimate of drug-likeness (QED) is 0.743. The fraction of sp³-hybridized carbons (Fsp3) is 0.286. The molecule has 2 amide bonds. The van der Waals surface area contributed by atoms with Crippen molar-refractivity contribution in [1.29, 1.82) is 0 Å². The summed E-state index contributed by atoms with van der Waals surface area (Å²) in [5.74, 6) is 0.793. The summed E-state index contributed by atoms with van der Waals surface area (Å²) in [5, 5.41) is 2.80. The summed E-state index contributed by atoms with van der Waals surface area (Å²) in [7, 11) is 3.24. The number of amides is 2. The van der Waals surface area contributed by atoms with Crippen molar-refractivity contribution in [2.45, 2.75) is 19.4 Å². The van der Waals surface area contributed by atoms with Gasteiger partial charge in [0.1, 0.15) is 11.5 Å². The Bertz CT molecular complexity index is 892. The number of hydrogen-bond acceptors (Lipinski definition) is 5. The molecule has 0 bridgehead atoms. The Morgan fingerprint density at radius 3 is 2.61 bits per heavy atom. The molecule has 1 aliphatic heterocycles. The third kappa shape index (κ3) is 4.49. The summed E-state index contributed by atoms with van der Waals surface area (Å²) in [5.41, 5.74) is 1.96. The van der Waals surface area contributed by atoms with Crippen LogP contribution in [0.25, 0.3) is 0 Å². The highest BCUT2D eigenvalue weighted by atomic mass is 16.5. The Morgan fingerprint density at radius 1 is 1.14 bits per heavy atom. The molecule has 1 aliphatic rings. The van der Waals surface area contributed by atoms with Gasteiger partial charge in [0.25, 0.3) is 5.91 Å². The lowest BCUT2D eigenvalue weighted by atomic mass is 10.0. The number of carbonyl (C=O) groups excluding carboxylic acids is 3. The van der Waals surface area contributed by atoms with Crippen LogP contribution in [0, 0.1) is 0 Å². The summed E-state index contributed by atoms with van der Waals surface area (Å²) >= 11 is 0. The van der Waals surface area contributed by atoms with E-state index in [0.29, 0.717) is 23.5 Å². The van der Waals surface area contributed by atoms with E-state index in [1.54, 1.807) is 32.4 Å². The van der Waals surface area contributed by atoms with Gasteiger partial charge in [-0.15, -0.1) is 0 Å². The number of ether oxygens (including phenoxy) is 2. The SMILES string of the molecule is COc1ccc(CNC(=O)CCC(=O)c2ccc3c(c2)N(C)C(=O)CO3)cc1. The molecular formula is C21H22N2O5. The highest BCUT2D eigenvalue weighted by molar-refractivity contribution is 6.02. The smallest absolute Gasteiger partial charge is 0.264 e. The number of likely N-dealkylation sites (N-methyl/N-ethyl adjacent to an activating group) is 1. The van der Waals surface area contributed by atoms with Crippen molar-refractivity contribution in [3.63, 3.8) is 0 Å². The van der Waals surface area contributed by atoms with Gasteiger partial charge in [0.15, 0.2) is 12.4 Å². The van der Waals surface area contributed by atoms with E-state index in [2.05, 4.69) is 5.32 Å². The second kappa shape index (κ2) is 8.56. The summed E-state index contributed by atoms with van der Waals surface area (Å²) in [6, 6.07) is 12.4. The first-order chi connectivity index (χ1) is 13.5. The molecule has 2 aromatic carbocycles. The fourth-order valence-corrected chi connectivity index (χ4v) is 2.85. The Morgan fingerprint density at radius 2 is 1.89 bits per heavy atom. The van der Waals surface area contributed by atoms with Crippen molar-refractivity contribution < 1.29 is 23.9 Å². The highest BCUT2D eigenvalue weighted by Crippen LogP contribution is 2.32. The van der Waals surface area contributed by atoms with Crippen molar-refractivity contribution in [3.05, 3.63) is 53.6 Å². The molecule has 0 radical (unpaired) electrons. The lowest BCUT2D eigenvalue weighted by Gasteiger charge is -2.26. The van der Waals surface area contributed by atoms with Crippen molar-refractivity contribution in [3.8, 4) is 11.5 Å². The van der Waals surface area contributed by atoms with Crippen LogP contribution < -0.4 is 19.7 Å². The molecule has 0 fully saturated rings. The molecule has 0 aromatic heterocycles. The maximum atomic E-state index is 12.4. The highest BCUT2D eigenvalue weighted by Gasteiger charge is 2.23. The molecule has 1 heterocycles. The lowest BCUT2D eigenvalue weighted by Crippen LogP contribution is -2.35. The number of ketones is 1. The van der Waals surface area contributed by atoms with Crippen LogP contribution >= 0.6 is 0 Å². The van der Waals surface area contributed by atoms with Gasteiger partial charge in [0.05, 0.1) is 12.8 Å². The third-order valence-electron chi connectivity index (χ3n) is 4.60. The van der Waals surface area contributed by atoms with Gasteiger partial charge in [-0.2, -0.15) is 0 Å². The molecule has 3 rings (SSSR count). The molecule has 0 atom stereocenters. The average Bonchev–Trinajstić information content (AvgIpc) is 2.73. The van der Waals surface area contributed by atoms with Crippen molar-refractivity contribution in [2.24, 2.45) is 0 Å². The topological polar surface area (TPSA) is 84.9 Å². The third-order valence-corrected chi connectivity index (χ3v) is 4.60. The molecule has 28 heavy (non-hydrogen) atoms. The molecule has 1 N–H and O–H groups in total. The number of nitrogens with one attached hydrogen (secondary N) is 1. The Hall–Kier alpha value is -3.35. The van der Waals surface area contributed by atoms with Crippen LogP contribution in [-0.2, 0) is 16.1 Å². The predicted molar refractivity (Wildman–Crippen MR) is 104 cm³/mol. The first-order valence-corrected chi connectivity index (χ1v) is 8.94. The maximum absolute atomic E-state index is 12.4. The number of methoxy groups -OCH3 is 1. The largest absolute Gasteiger partial charge is 0.497 e. The molecule has 7 nitrogen and oxygen atoms in total. The van der Waals surface area contributed by atoms with E-state index < -0.39 is 0 Å². The van der Waals surface area contributed by atoms with Gasteiger partial charge in [0.2, 0.25) is 5.91 Å². The second-order valence-electron chi connectivity index (χ2n) is 6.47. The van der Waals surface area contributed by atoms with Gasteiger partial charge in [-0.1, -0.05) is 12.1 Å². The van der Waals surface area contributed by atoms with E-state index >= 15 is 0 Å². The number of fused-ring (bicyclic) bond motifs is 1. The van der Waals surface area contributed by atoms with Crippen molar-refractivity contribution in [2.75, 3.05) is 25.7 Å². The predicted octanol–water partition coefficient (Wildman–Crippen LogP) is 2.33. The molecule has 0 spiro atoms. The number of anilines is 1.